The summed E-state index contributed by atoms with van der Waals surface area (Å²) in [4.78, 5) is 10.5. The number of rotatable bonds is 11. The third kappa shape index (κ3) is 7.01. The summed E-state index contributed by atoms with van der Waals surface area (Å²) in [6.07, 6.45) is 12.9. The third-order valence-corrected chi connectivity index (χ3v) is 6.20. The number of aliphatic carboxylic acids is 1. The van der Waals surface area contributed by atoms with Crippen molar-refractivity contribution in [1.29, 1.82) is 0 Å². The van der Waals surface area contributed by atoms with E-state index in [-0.39, 0.29) is 18.3 Å². The molecule has 0 saturated heterocycles. The topological polar surface area (TPSA) is 98.0 Å². The first-order valence-corrected chi connectivity index (χ1v) is 10.4. The molecule has 0 aromatic heterocycles. The Morgan fingerprint density at radius 2 is 1.73 bits per heavy atom. The second-order valence-corrected chi connectivity index (χ2v) is 8.30. The first kappa shape index (κ1) is 21.4. The molecule has 150 valence electrons. The van der Waals surface area contributed by atoms with Crippen molar-refractivity contribution in [1.82, 2.24) is 0 Å². The van der Waals surface area contributed by atoms with Crippen LogP contribution >= 0.6 is 0 Å². The fraction of sp³-hybridized carbons (Fsp3) is 0.857. The van der Waals surface area contributed by atoms with Gasteiger partial charge in [-0.2, -0.15) is 0 Å². The molecular formula is C21H36O5. The Hall–Kier alpha value is -0.910. The van der Waals surface area contributed by atoms with Crippen molar-refractivity contribution in [2.75, 3.05) is 0 Å². The average molecular weight is 369 g/mol. The molecule has 0 amide bonds. The van der Waals surface area contributed by atoms with E-state index in [1.54, 1.807) is 0 Å². The van der Waals surface area contributed by atoms with Crippen LogP contribution in [0.5, 0.6) is 0 Å². The zero-order valence-electron chi connectivity index (χ0n) is 15.8. The molecule has 0 spiro atoms. The van der Waals surface area contributed by atoms with Crippen LogP contribution in [0.15, 0.2) is 12.2 Å². The zero-order valence-corrected chi connectivity index (χ0v) is 15.8. The average Bonchev–Trinajstić information content (AvgIpc) is 3.17. The second-order valence-electron chi connectivity index (χ2n) is 8.30. The maximum Gasteiger partial charge on any atom is 0.303 e. The zero-order chi connectivity index (χ0) is 18.9. The largest absolute Gasteiger partial charge is 0.481 e. The van der Waals surface area contributed by atoms with Gasteiger partial charge in [-0.25, -0.2) is 0 Å². The summed E-state index contributed by atoms with van der Waals surface area (Å²) >= 11 is 0. The molecule has 5 nitrogen and oxygen atoms in total. The van der Waals surface area contributed by atoms with Gasteiger partial charge in [-0.15, -0.1) is 0 Å². The van der Waals surface area contributed by atoms with Crippen molar-refractivity contribution in [3.05, 3.63) is 12.2 Å². The molecule has 26 heavy (non-hydrogen) atoms. The van der Waals surface area contributed by atoms with Crippen LogP contribution in [-0.2, 0) is 4.79 Å². The van der Waals surface area contributed by atoms with Crippen molar-refractivity contribution in [3.8, 4) is 0 Å². The predicted octanol–water partition coefficient (Wildman–Crippen LogP) is 3.27. The quantitative estimate of drug-likeness (QED) is 0.331. The van der Waals surface area contributed by atoms with Crippen molar-refractivity contribution in [2.24, 2.45) is 17.8 Å². The number of hydrogen-bond acceptors (Lipinski definition) is 4. The van der Waals surface area contributed by atoms with Gasteiger partial charge in [-0.05, 0) is 31.1 Å². The first-order chi connectivity index (χ1) is 12.5. The Morgan fingerprint density at radius 1 is 1.04 bits per heavy atom. The van der Waals surface area contributed by atoms with E-state index in [1.807, 2.05) is 12.2 Å². The van der Waals surface area contributed by atoms with Gasteiger partial charge in [0.25, 0.3) is 0 Å². The molecule has 0 aromatic rings. The normalized spacial score (nSPS) is 31.0. The molecule has 0 heterocycles. The molecule has 0 aliphatic heterocycles. The highest BCUT2D eigenvalue weighted by Crippen LogP contribution is 2.37. The summed E-state index contributed by atoms with van der Waals surface area (Å²) in [6, 6.07) is 0. The highest BCUT2D eigenvalue weighted by Gasteiger charge is 2.39. The maximum absolute atomic E-state index is 10.5. The minimum Gasteiger partial charge on any atom is -0.481 e. The molecule has 4 N–H and O–H groups in total. The minimum absolute atomic E-state index is 0.0272. The number of carboxylic acids is 1. The number of aliphatic hydroxyl groups is 3. The Morgan fingerprint density at radius 3 is 2.42 bits per heavy atom. The van der Waals surface area contributed by atoms with E-state index in [2.05, 4.69) is 0 Å². The second kappa shape index (κ2) is 11.1. The lowest BCUT2D eigenvalue weighted by Crippen LogP contribution is -2.21. The summed E-state index contributed by atoms with van der Waals surface area (Å²) < 4.78 is 0. The molecule has 5 atom stereocenters. The van der Waals surface area contributed by atoms with Gasteiger partial charge in [0.2, 0.25) is 0 Å². The fourth-order valence-corrected chi connectivity index (χ4v) is 4.71. The van der Waals surface area contributed by atoms with E-state index >= 15 is 0 Å². The van der Waals surface area contributed by atoms with Crippen LogP contribution in [0.1, 0.15) is 77.0 Å². The molecule has 0 bridgehead atoms. The number of unbranched alkanes of at least 4 members (excludes halogenated alkanes) is 3. The molecule has 5 heteroatoms. The smallest absolute Gasteiger partial charge is 0.303 e. The first-order valence-electron chi connectivity index (χ1n) is 10.4. The molecular weight excluding hydrogens is 332 g/mol. The van der Waals surface area contributed by atoms with Crippen LogP contribution in [0, 0.1) is 17.8 Å². The van der Waals surface area contributed by atoms with Crippen LogP contribution in [0.3, 0.4) is 0 Å². The minimum atomic E-state index is -0.749. The number of aliphatic hydroxyl groups excluding tert-OH is 3. The maximum atomic E-state index is 10.5. The van der Waals surface area contributed by atoms with Gasteiger partial charge in [0.15, 0.2) is 0 Å². The Bertz CT molecular complexity index is 444. The van der Waals surface area contributed by atoms with Crippen LogP contribution in [0.4, 0.5) is 0 Å². The summed E-state index contributed by atoms with van der Waals surface area (Å²) in [5.74, 6) is -0.197. The van der Waals surface area contributed by atoms with Gasteiger partial charge in [0.1, 0.15) is 0 Å². The fourth-order valence-electron chi connectivity index (χ4n) is 4.71. The molecule has 2 aliphatic rings. The Balaban J connectivity index is 1.74. The number of carboxylic acid groups (broad SMARTS) is 1. The third-order valence-electron chi connectivity index (χ3n) is 6.20. The summed E-state index contributed by atoms with van der Waals surface area (Å²) in [5.41, 5.74) is 0. The summed E-state index contributed by atoms with van der Waals surface area (Å²) in [6.45, 7) is 0. The number of carbonyl (C=O) groups is 1. The van der Waals surface area contributed by atoms with E-state index in [0.29, 0.717) is 18.8 Å². The van der Waals surface area contributed by atoms with Crippen molar-refractivity contribution in [3.63, 3.8) is 0 Å². The van der Waals surface area contributed by atoms with Gasteiger partial charge in [0, 0.05) is 18.8 Å². The lowest BCUT2D eigenvalue weighted by atomic mass is 9.87. The van der Waals surface area contributed by atoms with Crippen LogP contribution in [0.2, 0.25) is 0 Å². The highest BCUT2D eigenvalue weighted by atomic mass is 16.4. The molecule has 0 radical (unpaired) electrons. The summed E-state index contributed by atoms with van der Waals surface area (Å²) in [5, 5.41) is 39.4. The van der Waals surface area contributed by atoms with Crippen molar-refractivity contribution >= 4 is 5.97 Å². The van der Waals surface area contributed by atoms with Crippen molar-refractivity contribution in [2.45, 2.75) is 95.4 Å². The standard InChI is InChI=1S/C21H36O5/c22-16(13-15-7-5-6-8-15)11-12-18-17(19(23)14-20(18)24)9-3-1-2-4-10-21(25)26/h11-12,15-20,22-24H,1-10,13-14H2,(H,25,26)/t16?,17-,18-,19+,20-/m1/s1. The monoisotopic (exact) mass is 368 g/mol. The Kier molecular flexibility index (Phi) is 9.09. The van der Waals surface area contributed by atoms with Crippen LogP contribution in [0.25, 0.3) is 0 Å². The summed E-state index contributed by atoms with van der Waals surface area (Å²) in [7, 11) is 0. The van der Waals surface area contributed by atoms with Crippen molar-refractivity contribution < 1.29 is 25.2 Å². The van der Waals surface area contributed by atoms with E-state index in [9.17, 15) is 20.1 Å². The van der Waals surface area contributed by atoms with Gasteiger partial charge >= 0.3 is 5.97 Å². The van der Waals surface area contributed by atoms with E-state index in [4.69, 9.17) is 5.11 Å². The van der Waals surface area contributed by atoms with Crippen LogP contribution in [-0.4, -0.2) is 44.7 Å². The molecule has 2 aliphatic carbocycles. The van der Waals surface area contributed by atoms with Crippen LogP contribution < -0.4 is 0 Å². The molecule has 2 saturated carbocycles. The Labute approximate surface area is 157 Å². The van der Waals surface area contributed by atoms with Gasteiger partial charge in [-0.1, -0.05) is 57.1 Å². The molecule has 2 rings (SSSR count). The highest BCUT2D eigenvalue weighted by molar-refractivity contribution is 5.66. The van der Waals surface area contributed by atoms with Gasteiger partial charge in [0.05, 0.1) is 18.3 Å². The lowest BCUT2D eigenvalue weighted by molar-refractivity contribution is -0.137. The predicted molar refractivity (Wildman–Crippen MR) is 101 cm³/mol. The van der Waals surface area contributed by atoms with E-state index < -0.39 is 24.3 Å². The van der Waals surface area contributed by atoms with Gasteiger partial charge in [-0.3, -0.25) is 4.79 Å². The lowest BCUT2D eigenvalue weighted by Gasteiger charge is -2.21. The SMILES string of the molecule is O=C(O)CCCCCC[C@@H]1[C@@H](C=CC(O)CC2CCCC2)[C@H](O)C[C@@H]1O. The van der Waals surface area contributed by atoms with E-state index in [1.165, 1.54) is 25.7 Å². The molecule has 2 fully saturated rings. The van der Waals surface area contributed by atoms with E-state index in [0.717, 1.165) is 32.1 Å². The number of hydrogen-bond donors (Lipinski definition) is 4. The van der Waals surface area contributed by atoms with Gasteiger partial charge < -0.3 is 20.4 Å². The molecule has 1 unspecified atom stereocenters. The molecule has 0 aromatic carbocycles.